The van der Waals surface area contributed by atoms with Crippen molar-refractivity contribution in [2.45, 2.75) is 25.9 Å². The van der Waals surface area contributed by atoms with E-state index in [1.165, 1.54) is 16.8 Å². The van der Waals surface area contributed by atoms with E-state index in [2.05, 4.69) is 48.2 Å². The highest BCUT2D eigenvalue weighted by molar-refractivity contribution is 5.55. The summed E-state index contributed by atoms with van der Waals surface area (Å²) in [7, 11) is 0. The van der Waals surface area contributed by atoms with Crippen molar-refractivity contribution in [3.63, 3.8) is 0 Å². The zero-order valence-electron chi connectivity index (χ0n) is 11.9. The summed E-state index contributed by atoms with van der Waals surface area (Å²) in [5.74, 6) is 0. The van der Waals surface area contributed by atoms with Crippen LogP contribution in [0, 0.1) is 6.92 Å². The Bertz CT molecular complexity index is 576. The maximum Gasteiger partial charge on any atom is 0.0964 e. The SMILES string of the molecule is Cc1ccc(C(O)CN2CCCc3ccccc32)cc1. The van der Waals surface area contributed by atoms with Gasteiger partial charge in [0.1, 0.15) is 0 Å². The van der Waals surface area contributed by atoms with Gasteiger partial charge in [-0.3, -0.25) is 0 Å². The normalized spacial score (nSPS) is 15.8. The van der Waals surface area contributed by atoms with E-state index < -0.39 is 6.10 Å². The van der Waals surface area contributed by atoms with Crippen LogP contribution in [0.1, 0.15) is 29.2 Å². The molecule has 0 radical (unpaired) electrons. The minimum atomic E-state index is -0.429. The molecule has 1 heterocycles. The number of para-hydroxylation sites is 1. The summed E-state index contributed by atoms with van der Waals surface area (Å²) in [6.45, 7) is 3.76. The molecule has 2 heteroatoms. The van der Waals surface area contributed by atoms with Crippen molar-refractivity contribution < 1.29 is 5.11 Å². The first-order chi connectivity index (χ1) is 9.74. The first kappa shape index (κ1) is 13.2. The Balaban J connectivity index is 1.77. The lowest BCUT2D eigenvalue weighted by Crippen LogP contribution is -2.33. The summed E-state index contributed by atoms with van der Waals surface area (Å²) in [6, 6.07) is 16.7. The summed E-state index contributed by atoms with van der Waals surface area (Å²) in [4.78, 5) is 2.31. The highest BCUT2D eigenvalue weighted by atomic mass is 16.3. The van der Waals surface area contributed by atoms with Crippen molar-refractivity contribution in [1.82, 2.24) is 0 Å². The monoisotopic (exact) mass is 267 g/mol. The molecule has 0 saturated carbocycles. The van der Waals surface area contributed by atoms with Gasteiger partial charge < -0.3 is 10.0 Å². The molecule has 0 spiro atoms. The first-order valence-corrected chi connectivity index (χ1v) is 7.31. The smallest absolute Gasteiger partial charge is 0.0964 e. The van der Waals surface area contributed by atoms with E-state index in [4.69, 9.17) is 0 Å². The fraction of sp³-hybridized carbons (Fsp3) is 0.333. The van der Waals surface area contributed by atoms with Gasteiger partial charge in [0.2, 0.25) is 0 Å². The van der Waals surface area contributed by atoms with Crippen LogP contribution >= 0.6 is 0 Å². The molecule has 0 bridgehead atoms. The molecule has 2 nitrogen and oxygen atoms in total. The Morgan fingerprint density at radius 3 is 2.65 bits per heavy atom. The Hall–Kier alpha value is -1.80. The van der Waals surface area contributed by atoms with Crippen molar-refractivity contribution >= 4 is 5.69 Å². The van der Waals surface area contributed by atoms with Gasteiger partial charge in [-0.15, -0.1) is 0 Å². The number of hydrogen-bond acceptors (Lipinski definition) is 2. The van der Waals surface area contributed by atoms with E-state index in [0.717, 1.165) is 24.9 Å². The highest BCUT2D eigenvalue weighted by Gasteiger charge is 2.19. The predicted molar refractivity (Wildman–Crippen MR) is 83.1 cm³/mol. The van der Waals surface area contributed by atoms with Crippen LogP contribution in [0.3, 0.4) is 0 Å². The Labute approximate surface area is 120 Å². The molecule has 0 aliphatic carbocycles. The molecule has 1 aliphatic rings. The van der Waals surface area contributed by atoms with Crippen LogP contribution in [0.15, 0.2) is 48.5 Å². The van der Waals surface area contributed by atoms with Gasteiger partial charge in [0.15, 0.2) is 0 Å². The lowest BCUT2D eigenvalue weighted by molar-refractivity contribution is 0.183. The summed E-state index contributed by atoms with van der Waals surface area (Å²) in [5.41, 5.74) is 4.91. The Kier molecular flexibility index (Phi) is 3.75. The maximum atomic E-state index is 10.4. The molecule has 1 aliphatic heterocycles. The Morgan fingerprint density at radius 2 is 1.85 bits per heavy atom. The first-order valence-electron chi connectivity index (χ1n) is 7.31. The average Bonchev–Trinajstić information content (AvgIpc) is 2.48. The van der Waals surface area contributed by atoms with Crippen LogP contribution in [-0.4, -0.2) is 18.2 Å². The second-order valence-electron chi connectivity index (χ2n) is 5.60. The molecule has 3 rings (SSSR count). The fourth-order valence-corrected chi connectivity index (χ4v) is 2.90. The molecule has 104 valence electrons. The van der Waals surface area contributed by atoms with Gasteiger partial charge in [-0.2, -0.15) is 0 Å². The summed E-state index contributed by atoms with van der Waals surface area (Å²) in [6.07, 6.45) is 1.88. The second-order valence-corrected chi connectivity index (χ2v) is 5.60. The van der Waals surface area contributed by atoms with E-state index in [1.807, 2.05) is 12.1 Å². The van der Waals surface area contributed by atoms with Crippen molar-refractivity contribution in [3.8, 4) is 0 Å². The van der Waals surface area contributed by atoms with Crippen molar-refractivity contribution in [3.05, 3.63) is 65.2 Å². The third-order valence-corrected chi connectivity index (χ3v) is 4.06. The van der Waals surface area contributed by atoms with Crippen molar-refractivity contribution in [2.75, 3.05) is 18.0 Å². The maximum absolute atomic E-state index is 10.4. The summed E-state index contributed by atoms with van der Waals surface area (Å²) >= 11 is 0. The number of benzene rings is 2. The molecular weight excluding hydrogens is 246 g/mol. The van der Waals surface area contributed by atoms with Crippen LogP contribution < -0.4 is 4.90 Å². The number of rotatable bonds is 3. The van der Waals surface area contributed by atoms with E-state index in [0.29, 0.717) is 6.54 Å². The third kappa shape index (κ3) is 2.70. The minimum Gasteiger partial charge on any atom is -0.387 e. The van der Waals surface area contributed by atoms with Gasteiger partial charge in [0.25, 0.3) is 0 Å². The molecule has 2 aromatic carbocycles. The number of fused-ring (bicyclic) bond motifs is 1. The van der Waals surface area contributed by atoms with Gasteiger partial charge in [0, 0.05) is 18.8 Å². The molecule has 2 aromatic rings. The van der Waals surface area contributed by atoms with Crippen LogP contribution in [0.5, 0.6) is 0 Å². The van der Waals surface area contributed by atoms with Gasteiger partial charge in [0.05, 0.1) is 6.10 Å². The highest BCUT2D eigenvalue weighted by Crippen LogP contribution is 2.28. The molecular formula is C18H21NO. The summed E-state index contributed by atoms with van der Waals surface area (Å²) < 4.78 is 0. The third-order valence-electron chi connectivity index (χ3n) is 4.06. The summed E-state index contributed by atoms with van der Waals surface area (Å²) in [5, 5.41) is 10.4. The van der Waals surface area contributed by atoms with Gasteiger partial charge in [-0.1, -0.05) is 48.0 Å². The number of anilines is 1. The van der Waals surface area contributed by atoms with Gasteiger partial charge in [-0.25, -0.2) is 0 Å². The Morgan fingerprint density at radius 1 is 1.10 bits per heavy atom. The fourth-order valence-electron chi connectivity index (χ4n) is 2.90. The molecule has 1 N–H and O–H groups in total. The quantitative estimate of drug-likeness (QED) is 0.920. The zero-order valence-corrected chi connectivity index (χ0v) is 11.9. The molecule has 1 atom stereocenters. The van der Waals surface area contributed by atoms with E-state index >= 15 is 0 Å². The average molecular weight is 267 g/mol. The molecule has 1 unspecified atom stereocenters. The molecule has 20 heavy (non-hydrogen) atoms. The molecule has 0 amide bonds. The van der Waals surface area contributed by atoms with Gasteiger partial charge in [-0.05, 0) is 37.0 Å². The zero-order chi connectivity index (χ0) is 13.9. The number of aliphatic hydroxyl groups is 1. The van der Waals surface area contributed by atoms with Crippen LogP contribution in [0.4, 0.5) is 5.69 Å². The lowest BCUT2D eigenvalue weighted by atomic mass is 10.0. The van der Waals surface area contributed by atoms with E-state index in [-0.39, 0.29) is 0 Å². The van der Waals surface area contributed by atoms with E-state index in [1.54, 1.807) is 0 Å². The number of hydrogen-bond donors (Lipinski definition) is 1. The standard InChI is InChI=1S/C18H21NO/c1-14-8-10-16(11-9-14)18(20)13-19-12-4-6-15-5-2-3-7-17(15)19/h2-3,5,7-11,18,20H,4,6,12-13H2,1H3. The van der Waals surface area contributed by atoms with Crippen LogP contribution in [0.2, 0.25) is 0 Å². The van der Waals surface area contributed by atoms with E-state index in [9.17, 15) is 5.11 Å². The van der Waals surface area contributed by atoms with Crippen molar-refractivity contribution in [2.24, 2.45) is 0 Å². The number of aliphatic hydroxyl groups excluding tert-OH is 1. The number of nitrogens with zero attached hydrogens (tertiary/aromatic N) is 1. The second kappa shape index (κ2) is 5.68. The van der Waals surface area contributed by atoms with Crippen LogP contribution in [-0.2, 0) is 6.42 Å². The molecule has 0 fully saturated rings. The largest absolute Gasteiger partial charge is 0.387 e. The predicted octanol–water partition coefficient (Wildman–Crippen LogP) is 3.48. The number of β-amino-alcohol motifs (C(OH)–C–C–N with tert-alkyl or cyclic N) is 1. The number of aryl methyl sites for hydroxylation is 2. The topological polar surface area (TPSA) is 23.5 Å². The minimum absolute atomic E-state index is 0.429. The lowest BCUT2D eigenvalue weighted by Gasteiger charge is -2.33. The molecule has 0 aromatic heterocycles. The molecule has 0 saturated heterocycles. The van der Waals surface area contributed by atoms with Crippen molar-refractivity contribution in [1.29, 1.82) is 0 Å². The van der Waals surface area contributed by atoms with Crippen LogP contribution in [0.25, 0.3) is 0 Å². The van der Waals surface area contributed by atoms with Gasteiger partial charge >= 0.3 is 0 Å².